The minimum atomic E-state index is -0.0787. The molecule has 8 heteroatoms. The first-order chi connectivity index (χ1) is 16.0. The fourth-order valence-corrected chi connectivity index (χ4v) is 4.19. The second-order valence-electron chi connectivity index (χ2n) is 7.53. The maximum Gasteiger partial charge on any atom is 0.246 e. The number of halogens is 1. The van der Waals surface area contributed by atoms with E-state index in [9.17, 15) is 4.79 Å². The number of ether oxygens (including phenoxy) is 5. The number of rotatable bonds is 6. The van der Waals surface area contributed by atoms with E-state index >= 15 is 0 Å². The smallest absolute Gasteiger partial charge is 0.246 e. The quantitative estimate of drug-likeness (QED) is 0.579. The summed E-state index contributed by atoms with van der Waals surface area (Å²) in [5.41, 5.74) is 2.73. The number of fused-ring (bicyclic) bond motifs is 1. The zero-order valence-electron chi connectivity index (χ0n) is 18.9. The Kier molecular flexibility index (Phi) is 6.99. The van der Waals surface area contributed by atoms with Crippen LogP contribution in [0.4, 0.5) is 0 Å². The van der Waals surface area contributed by atoms with Crippen molar-refractivity contribution in [2.24, 2.45) is 0 Å². The molecule has 0 radical (unpaired) electrons. The zero-order valence-corrected chi connectivity index (χ0v) is 19.6. The number of amides is 1. The molecule has 2 aromatic rings. The van der Waals surface area contributed by atoms with Crippen LogP contribution in [0.15, 0.2) is 36.4 Å². The Morgan fingerprint density at radius 3 is 2.39 bits per heavy atom. The van der Waals surface area contributed by atoms with Crippen molar-refractivity contribution in [3.8, 4) is 28.7 Å². The number of nitrogens with zero attached hydrogens (tertiary/aromatic N) is 1. The van der Waals surface area contributed by atoms with Crippen molar-refractivity contribution in [2.75, 3.05) is 47.6 Å². The predicted molar refractivity (Wildman–Crippen MR) is 127 cm³/mol. The van der Waals surface area contributed by atoms with Crippen molar-refractivity contribution >= 4 is 29.2 Å². The molecule has 0 saturated heterocycles. The van der Waals surface area contributed by atoms with Gasteiger partial charge >= 0.3 is 0 Å². The highest BCUT2D eigenvalue weighted by atomic mass is 35.5. The van der Waals surface area contributed by atoms with Crippen molar-refractivity contribution < 1.29 is 28.5 Å². The number of carbonyl (C=O) groups excluding carboxylic acids is 1. The normalized spacial score (nSPS) is 15.3. The third-order valence-corrected chi connectivity index (χ3v) is 5.88. The summed E-state index contributed by atoms with van der Waals surface area (Å²) >= 11 is 6.28. The summed E-state index contributed by atoms with van der Waals surface area (Å²) in [6.45, 7) is 2.01. The van der Waals surface area contributed by atoms with Crippen LogP contribution in [0.5, 0.6) is 28.7 Å². The Bertz CT molecular complexity index is 1090. The van der Waals surface area contributed by atoms with Gasteiger partial charge in [-0.1, -0.05) is 17.7 Å². The molecule has 7 nitrogen and oxygen atoms in total. The lowest BCUT2D eigenvalue weighted by atomic mass is 9.97. The summed E-state index contributed by atoms with van der Waals surface area (Å²) in [6, 6.07) is 7.24. The molecule has 0 N–H and O–H groups in total. The lowest BCUT2D eigenvalue weighted by Crippen LogP contribution is -2.33. The average molecular weight is 472 g/mol. The van der Waals surface area contributed by atoms with Gasteiger partial charge in [0.2, 0.25) is 5.91 Å². The average Bonchev–Trinajstić information content (AvgIpc) is 2.86. The summed E-state index contributed by atoms with van der Waals surface area (Å²) in [6.07, 6.45) is 5.99. The summed E-state index contributed by atoms with van der Waals surface area (Å²) in [4.78, 5) is 14.6. The van der Waals surface area contributed by atoms with E-state index in [1.807, 2.05) is 24.3 Å². The molecule has 0 unspecified atom stereocenters. The molecule has 0 spiro atoms. The van der Waals surface area contributed by atoms with Gasteiger partial charge in [0.25, 0.3) is 0 Å². The van der Waals surface area contributed by atoms with E-state index in [4.69, 9.17) is 35.3 Å². The SMILES string of the molecule is COc1cc(OC)c(C2=CCN(C(=O)C=Cc3cc(Cl)c4c(c3)OCCO4)CC2)c(OC)c1. The molecule has 33 heavy (non-hydrogen) atoms. The molecule has 4 rings (SSSR count). The largest absolute Gasteiger partial charge is 0.496 e. The molecular formula is C25H26ClNO6. The first kappa shape index (κ1) is 22.9. The van der Waals surface area contributed by atoms with Crippen LogP contribution in [0.3, 0.4) is 0 Å². The number of methoxy groups -OCH3 is 3. The first-order valence-electron chi connectivity index (χ1n) is 10.6. The Balaban J connectivity index is 1.48. The van der Waals surface area contributed by atoms with Crippen LogP contribution in [-0.2, 0) is 4.79 Å². The molecule has 2 heterocycles. The van der Waals surface area contributed by atoms with Crippen molar-refractivity contribution in [2.45, 2.75) is 6.42 Å². The molecule has 0 atom stereocenters. The lowest BCUT2D eigenvalue weighted by Gasteiger charge is -2.27. The number of benzene rings is 2. The molecule has 0 fully saturated rings. The maximum absolute atomic E-state index is 12.8. The molecule has 0 aliphatic carbocycles. The van der Waals surface area contributed by atoms with Crippen molar-refractivity contribution in [1.82, 2.24) is 4.90 Å². The predicted octanol–water partition coefficient (Wildman–Crippen LogP) is 4.47. The molecular weight excluding hydrogens is 446 g/mol. The van der Waals surface area contributed by atoms with E-state index in [2.05, 4.69) is 0 Å². The number of hydrogen-bond donors (Lipinski definition) is 0. The number of carbonyl (C=O) groups is 1. The first-order valence-corrected chi connectivity index (χ1v) is 11.0. The molecule has 174 valence electrons. The van der Waals surface area contributed by atoms with E-state index < -0.39 is 0 Å². The highest BCUT2D eigenvalue weighted by molar-refractivity contribution is 6.32. The monoisotopic (exact) mass is 471 g/mol. The van der Waals surface area contributed by atoms with Gasteiger partial charge in [-0.3, -0.25) is 4.79 Å². The summed E-state index contributed by atoms with van der Waals surface area (Å²) in [5.74, 6) is 3.06. The summed E-state index contributed by atoms with van der Waals surface area (Å²) in [7, 11) is 4.83. The second kappa shape index (κ2) is 10.1. The van der Waals surface area contributed by atoms with Crippen LogP contribution in [-0.4, -0.2) is 58.4 Å². The third kappa shape index (κ3) is 4.88. The summed E-state index contributed by atoms with van der Waals surface area (Å²) < 4.78 is 27.6. The molecule has 0 aromatic heterocycles. The summed E-state index contributed by atoms with van der Waals surface area (Å²) in [5, 5.41) is 0.465. The zero-order chi connectivity index (χ0) is 23.4. The Labute approximate surface area is 198 Å². The lowest BCUT2D eigenvalue weighted by molar-refractivity contribution is -0.125. The topological polar surface area (TPSA) is 66.5 Å². The highest BCUT2D eigenvalue weighted by Gasteiger charge is 2.22. The van der Waals surface area contributed by atoms with Gasteiger partial charge in [-0.25, -0.2) is 0 Å². The number of hydrogen-bond acceptors (Lipinski definition) is 6. The second-order valence-corrected chi connectivity index (χ2v) is 7.94. The van der Waals surface area contributed by atoms with Crippen molar-refractivity contribution in [1.29, 1.82) is 0 Å². The Morgan fingerprint density at radius 1 is 1.03 bits per heavy atom. The highest BCUT2D eigenvalue weighted by Crippen LogP contribution is 2.41. The van der Waals surface area contributed by atoms with Crippen LogP contribution in [0, 0.1) is 0 Å². The van der Waals surface area contributed by atoms with Crippen LogP contribution < -0.4 is 23.7 Å². The Hall–Kier alpha value is -3.32. The Morgan fingerprint density at radius 2 is 1.76 bits per heavy atom. The molecule has 2 aliphatic rings. The molecule has 2 aromatic carbocycles. The van der Waals surface area contributed by atoms with E-state index in [-0.39, 0.29) is 5.91 Å². The van der Waals surface area contributed by atoms with Crippen LogP contribution in [0.2, 0.25) is 5.02 Å². The molecule has 0 bridgehead atoms. The van der Waals surface area contributed by atoms with E-state index in [1.165, 1.54) is 0 Å². The third-order valence-electron chi connectivity index (χ3n) is 5.59. The van der Waals surface area contributed by atoms with E-state index in [0.29, 0.717) is 66.5 Å². The van der Waals surface area contributed by atoms with Crippen molar-refractivity contribution in [3.63, 3.8) is 0 Å². The van der Waals surface area contributed by atoms with Gasteiger partial charge in [0, 0.05) is 31.3 Å². The standard InChI is InChI=1S/C25H26ClNO6/c1-29-18-14-20(30-2)24(21(15-18)31-3)17-6-8-27(9-7-17)23(28)5-4-16-12-19(26)25-22(13-16)32-10-11-33-25/h4-6,12-15H,7-11H2,1-3H3. The van der Waals surface area contributed by atoms with Gasteiger partial charge in [-0.2, -0.15) is 0 Å². The van der Waals surface area contributed by atoms with E-state index in [1.54, 1.807) is 44.4 Å². The van der Waals surface area contributed by atoms with Crippen LogP contribution >= 0.6 is 11.6 Å². The van der Waals surface area contributed by atoms with Gasteiger partial charge in [-0.15, -0.1) is 0 Å². The fraction of sp³-hybridized carbons (Fsp3) is 0.320. The van der Waals surface area contributed by atoms with Gasteiger partial charge in [0.05, 0.1) is 31.9 Å². The van der Waals surface area contributed by atoms with Gasteiger partial charge < -0.3 is 28.6 Å². The minimum Gasteiger partial charge on any atom is -0.496 e. The molecule has 2 aliphatic heterocycles. The maximum atomic E-state index is 12.8. The van der Waals surface area contributed by atoms with E-state index in [0.717, 1.165) is 16.7 Å². The van der Waals surface area contributed by atoms with Gasteiger partial charge in [-0.05, 0) is 35.8 Å². The minimum absolute atomic E-state index is 0.0787. The molecule has 1 amide bonds. The van der Waals surface area contributed by atoms with Crippen LogP contribution in [0.1, 0.15) is 17.5 Å². The van der Waals surface area contributed by atoms with Crippen molar-refractivity contribution in [3.05, 3.63) is 52.6 Å². The van der Waals surface area contributed by atoms with Gasteiger partial charge in [0.1, 0.15) is 30.5 Å². The molecule has 0 saturated carbocycles. The fourth-order valence-electron chi connectivity index (χ4n) is 3.92. The van der Waals surface area contributed by atoms with Crippen LogP contribution in [0.25, 0.3) is 11.6 Å². The van der Waals surface area contributed by atoms with Gasteiger partial charge in [0.15, 0.2) is 11.5 Å².